The van der Waals surface area contributed by atoms with Crippen LogP contribution in [0.4, 0.5) is 0 Å². The van der Waals surface area contributed by atoms with Gasteiger partial charge in [-0.15, -0.1) is 0 Å². The maximum atomic E-state index is 4.18. The highest BCUT2D eigenvalue weighted by Gasteiger charge is 1.95. The first-order valence-electron chi connectivity index (χ1n) is 3.67. The highest BCUT2D eigenvalue weighted by molar-refractivity contribution is 5.43. The molecule has 0 bridgehead atoms. The van der Waals surface area contributed by atoms with Gasteiger partial charge in [-0.25, -0.2) is 4.98 Å². The van der Waals surface area contributed by atoms with Crippen LogP contribution >= 0.6 is 0 Å². The predicted molar refractivity (Wildman–Crippen MR) is 44.7 cm³/mol. The summed E-state index contributed by atoms with van der Waals surface area (Å²) in [5, 5.41) is 0. The van der Waals surface area contributed by atoms with Crippen LogP contribution in [0.3, 0.4) is 0 Å². The monoisotopic (exact) mass is 146 g/mol. The van der Waals surface area contributed by atoms with Gasteiger partial charge in [0.2, 0.25) is 0 Å². The van der Waals surface area contributed by atoms with Gasteiger partial charge in [-0.3, -0.25) is 0 Å². The van der Waals surface area contributed by atoms with Crippen LogP contribution in [0.5, 0.6) is 0 Å². The molecule has 0 aliphatic rings. The van der Waals surface area contributed by atoms with E-state index in [1.165, 1.54) is 11.1 Å². The maximum absolute atomic E-state index is 4.18. The van der Waals surface area contributed by atoms with Gasteiger partial charge in [0.25, 0.3) is 0 Å². The van der Waals surface area contributed by atoms with E-state index in [1.54, 1.807) is 0 Å². The SMILES string of the molecule is Cc1cc2nccn2cc1C. The first-order valence-corrected chi connectivity index (χ1v) is 3.67. The summed E-state index contributed by atoms with van der Waals surface area (Å²) < 4.78 is 2.03. The molecule has 0 aromatic carbocycles. The minimum absolute atomic E-state index is 1.02. The van der Waals surface area contributed by atoms with Crippen LogP contribution in [0.15, 0.2) is 24.7 Å². The molecule has 0 unspecified atom stereocenters. The molecule has 56 valence electrons. The lowest BCUT2D eigenvalue weighted by Gasteiger charge is -1.99. The molecule has 0 N–H and O–H groups in total. The quantitative estimate of drug-likeness (QED) is 0.555. The van der Waals surface area contributed by atoms with Crippen LogP contribution in [-0.4, -0.2) is 9.38 Å². The molecule has 0 fully saturated rings. The largest absolute Gasteiger partial charge is 0.307 e. The molecular weight excluding hydrogens is 136 g/mol. The van der Waals surface area contributed by atoms with Crippen LogP contribution in [0.1, 0.15) is 11.1 Å². The Kier molecular flexibility index (Phi) is 1.22. The van der Waals surface area contributed by atoms with Crippen molar-refractivity contribution >= 4 is 5.65 Å². The smallest absolute Gasteiger partial charge is 0.136 e. The minimum Gasteiger partial charge on any atom is -0.307 e. The molecule has 0 atom stereocenters. The number of rotatable bonds is 0. The Morgan fingerprint density at radius 2 is 2.09 bits per heavy atom. The summed E-state index contributed by atoms with van der Waals surface area (Å²) in [6.07, 6.45) is 5.87. The van der Waals surface area contributed by atoms with Gasteiger partial charge in [-0.1, -0.05) is 0 Å². The first-order chi connectivity index (χ1) is 5.27. The van der Waals surface area contributed by atoms with E-state index in [1.807, 2.05) is 16.8 Å². The maximum Gasteiger partial charge on any atom is 0.136 e. The molecule has 2 heteroatoms. The van der Waals surface area contributed by atoms with Crippen molar-refractivity contribution in [2.45, 2.75) is 13.8 Å². The van der Waals surface area contributed by atoms with E-state index in [-0.39, 0.29) is 0 Å². The van der Waals surface area contributed by atoms with Gasteiger partial charge in [-0.2, -0.15) is 0 Å². The molecule has 2 nitrogen and oxygen atoms in total. The van der Waals surface area contributed by atoms with E-state index in [2.05, 4.69) is 31.1 Å². The highest BCUT2D eigenvalue weighted by atomic mass is 15.0. The molecule has 0 amide bonds. The number of aryl methyl sites for hydroxylation is 2. The van der Waals surface area contributed by atoms with E-state index in [9.17, 15) is 0 Å². The number of aromatic nitrogens is 2. The average molecular weight is 146 g/mol. The Bertz CT molecular complexity index is 351. The highest BCUT2D eigenvalue weighted by Crippen LogP contribution is 2.08. The van der Waals surface area contributed by atoms with Crippen LogP contribution in [-0.2, 0) is 0 Å². The lowest BCUT2D eigenvalue weighted by molar-refractivity contribution is 1.13. The molecule has 2 heterocycles. The van der Waals surface area contributed by atoms with E-state index >= 15 is 0 Å². The predicted octanol–water partition coefficient (Wildman–Crippen LogP) is 1.95. The summed E-state index contributed by atoms with van der Waals surface area (Å²) in [5.74, 6) is 0. The Morgan fingerprint density at radius 3 is 2.91 bits per heavy atom. The third-order valence-corrected chi connectivity index (χ3v) is 2.00. The Balaban J connectivity index is 2.86. The summed E-state index contributed by atoms with van der Waals surface area (Å²) in [6.45, 7) is 4.21. The average Bonchev–Trinajstić information content (AvgIpc) is 2.36. The molecule has 2 aromatic rings. The molecule has 11 heavy (non-hydrogen) atoms. The van der Waals surface area contributed by atoms with Crippen LogP contribution in [0, 0.1) is 13.8 Å². The van der Waals surface area contributed by atoms with E-state index in [0.29, 0.717) is 0 Å². The van der Waals surface area contributed by atoms with Gasteiger partial charge < -0.3 is 4.40 Å². The molecule has 0 radical (unpaired) electrons. The zero-order chi connectivity index (χ0) is 7.84. The summed E-state index contributed by atoms with van der Waals surface area (Å²) in [7, 11) is 0. The summed E-state index contributed by atoms with van der Waals surface area (Å²) in [6, 6.07) is 2.09. The fourth-order valence-electron chi connectivity index (χ4n) is 1.16. The number of imidazole rings is 1. The molecule has 0 saturated heterocycles. The van der Waals surface area contributed by atoms with Crippen molar-refractivity contribution in [3.8, 4) is 0 Å². The first kappa shape index (κ1) is 6.40. The molecule has 0 saturated carbocycles. The number of fused-ring (bicyclic) bond motifs is 1. The standard InChI is InChI=1S/C9H10N2/c1-7-5-9-10-3-4-11(9)6-8(7)2/h3-6H,1-2H3. The second-order valence-electron chi connectivity index (χ2n) is 2.83. The van der Waals surface area contributed by atoms with Crippen LogP contribution < -0.4 is 0 Å². The van der Waals surface area contributed by atoms with Crippen molar-refractivity contribution in [3.63, 3.8) is 0 Å². The number of hydrogen-bond donors (Lipinski definition) is 0. The number of hydrogen-bond acceptors (Lipinski definition) is 1. The van der Waals surface area contributed by atoms with E-state index in [4.69, 9.17) is 0 Å². The summed E-state index contributed by atoms with van der Waals surface area (Å²) >= 11 is 0. The van der Waals surface area contributed by atoms with Crippen molar-refractivity contribution in [1.29, 1.82) is 0 Å². The second-order valence-corrected chi connectivity index (χ2v) is 2.83. The zero-order valence-electron chi connectivity index (χ0n) is 6.70. The van der Waals surface area contributed by atoms with Crippen molar-refractivity contribution in [2.24, 2.45) is 0 Å². The normalized spacial score (nSPS) is 10.7. The van der Waals surface area contributed by atoms with Crippen LogP contribution in [0.25, 0.3) is 5.65 Å². The third kappa shape index (κ3) is 0.909. The Hall–Kier alpha value is -1.31. The van der Waals surface area contributed by atoms with Gasteiger partial charge in [0.1, 0.15) is 5.65 Å². The Morgan fingerprint density at radius 1 is 1.27 bits per heavy atom. The number of nitrogens with zero attached hydrogens (tertiary/aromatic N) is 2. The topological polar surface area (TPSA) is 17.3 Å². The van der Waals surface area contributed by atoms with E-state index < -0.39 is 0 Å². The molecule has 0 aliphatic carbocycles. The molecule has 2 aromatic heterocycles. The fraction of sp³-hybridized carbons (Fsp3) is 0.222. The molecule has 0 aliphatic heterocycles. The number of pyridine rings is 1. The fourth-order valence-corrected chi connectivity index (χ4v) is 1.16. The summed E-state index contributed by atoms with van der Waals surface area (Å²) in [5.41, 5.74) is 3.62. The lowest BCUT2D eigenvalue weighted by Crippen LogP contribution is -1.87. The van der Waals surface area contributed by atoms with Gasteiger partial charge in [0.15, 0.2) is 0 Å². The molecular formula is C9H10N2. The van der Waals surface area contributed by atoms with Gasteiger partial charge in [-0.05, 0) is 31.0 Å². The van der Waals surface area contributed by atoms with Crippen LogP contribution in [0.2, 0.25) is 0 Å². The van der Waals surface area contributed by atoms with Crippen molar-refractivity contribution in [3.05, 3.63) is 35.8 Å². The van der Waals surface area contributed by atoms with Gasteiger partial charge in [0.05, 0.1) is 0 Å². The van der Waals surface area contributed by atoms with Crippen molar-refractivity contribution in [2.75, 3.05) is 0 Å². The molecule has 0 spiro atoms. The summed E-state index contributed by atoms with van der Waals surface area (Å²) in [4.78, 5) is 4.18. The second kappa shape index (κ2) is 2.09. The van der Waals surface area contributed by atoms with Gasteiger partial charge in [0, 0.05) is 18.6 Å². The van der Waals surface area contributed by atoms with Gasteiger partial charge >= 0.3 is 0 Å². The van der Waals surface area contributed by atoms with E-state index in [0.717, 1.165) is 5.65 Å². The lowest BCUT2D eigenvalue weighted by atomic mass is 10.2. The third-order valence-electron chi connectivity index (χ3n) is 2.00. The zero-order valence-corrected chi connectivity index (χ0v) is 6.70. The molecule has 2 rings (SSSR count). The minimum atomic E-state index is 1.02. The Labute approximate surface area is 65.5 Å². The van der Waals surface area contributed by atoms with Crippen molar-refractivity contribution in [1.82, 2.24) is 9.38 Å². The van der Waals surface area contributed by atoms with Crippen molar-refractivity contribution < 1.29 is 0 Å².